The van der Waals surface area contributed by atoms with E-state index in [0.717, 1.165) is 17.0 Å². The van der Waals surface area contributed by atoms with Crippen LogP contribution in [0, 0.1) is 0 Å². The Bertz CT molecular complexity index is 674. The van der Waals surface area contributed by atoms with E-state index in [-0.39, 0.29) is 6.61 Å². The molecule has 23 heavy (non-hydrogen) atoms. The van der Waals surface area contributed by atoms with Gasteiger partial charge in [0.2, 0.25) is 6.61 Å². The molecule has 0 amide bonds. The van der Waals surface area contributed by atoms with Crippen LogP contribution < -0.4 is 0 Å². The van der Waals surface area contributed by atoms with Crippen LogP contribution in [0.5, 0.6) is 0 Å². The van der Waals surface area contributed by atoms with Crippen LogP contribution in [0.4, 0.5) is 0 Å². The molecule has 5 heteroatoms. The largest absolute Gasteiger partial charge is 0.463 e. The van der Waals surface area contributed by atoms with Crippen molar-refractivity contribution in [3.05, 3.63) is 46.8 Å². The molecule has 0 saturated heterocycles. The van der Waals surface area contributed by atoms with Crippen LogP contribution in [0.25, 0.3) is 10.4 Å². The first-order valence-corrected chi connectivity index (χ1v) is 8.47. The van der Waals surface area contributed by atoms with Crippen LogP contribution in [0.1, 0.15) is 31.2 Å². The lowest BCUT2D eigenvalue weighted by Crippen LogP contribution is -2.10. The van der Waals surface area contributed by atoms with Crippen molar-refractivity contribution in [3.63, 3.8) is 0 Å². The molecule has 0 aliphatic rings. The minimum atomic E-state index is -0.410. The SMILES string of the molecule is CCOC(=O)CO/N=C(\C)c1ccc(-c2ccc(CC)cc2)s1. The third-order valence-corrected chi connectivity index (χ3v) is 4.54. The number of thiophene rings is 1. The molecule has 0 saturated carbocycles. The maximum absolute atomic E-state index is 11.2. The van der Waals surface area contributed by atoms with Crippen LogP contribution in [0.2, 0.25) is 0 Å². The second-order valence-corrected chi connectivity index (χ2v) is 6.05. The second-order valence-electron chi connectivity index (χ2n) is 4.97. The second kappa shape index (κ2) is 8.48. The van der Waals surface area contributed by atoms with E-state index in [4.69, 9.17) is 9.57 Å². The summed E-state index contributed by atoms with van der Waals surface area (Å²) in [5.74, 6) is -0.410. The first-order valence-electron chi connectivity index (χ1n) is 7.65. The smallest absolute Gasteiger partial charge is 0.347 e. The standard InChI is InChI=1S/C18H21NO3S/c1-4-14-6-8-15(9-7-14)17-11-10-16(23-17)13(3)19-22-12-18(20)21-5-2/h6-11H,4-5,12H2,1-3H3/b19-13+. The number of oxime groups is 1. The number of carbonyl (C=O) groups excluding carboxylic acids is 1. The Morgan fingerprint density at radius 2 is 1.87 bits per heavy atom. The van der Waals surface area contributed by atoms with Crippen LogP contribution in [-0.4, -0.2) is 24.9 Å². The van der Waals surface area contributed by atoms with Gasteiger partial charge in [0.15, 0.2) is 0 Å². The van der Waals surface area contributed by atoms with Gasteiger partial charge >= 0.3 is 5.97 Å². The molecule has 0 fully saturated rings. The van der Waals surface area contributed by atoms with E-state index in [1.807, 2.05) is 13.0 Å². The van der Waals surface area contributed by atoms with E-state index >= 15 is 0 Å². The van der Waals surface area contributed by atoms with E-state index in [9.17, 15) is 4.79 Å². The number of hydrogen-bond acceptors (Lipinski definition) is 5. The molecule has 0 N–H and O–H groups in total. The lowest BCUT2D eigenvalue weighted by molar-refractivity contribution is -0.148. The lowest BCUT2D eigenvalue weighted by Gasteiger charge is -2.01. The molecule has 2 rings (SSSR count). The van der Waals surface area contributed by atoms with E-state index in [1.165, 1.54) is 16.0 Å². The molecule has 0 unspecified atom stereocenters. The fourth-order valence-corrected chi connectivity index (χ4v) is 2.97. The molecule has 1 aromatic heterocycles. The van der Waals surface area contributed by atoms with Crippen molar-refractivity contribution >= 4 is 23.0 Å². The molecule has 0 spiro atoms. The normalized spacial score (nSPS) is 11.3. The third kappa shape index (κ3) is 4.93. The number of esters is 1. The van der Waals surface area contributed by atoms with Crippen molar-refractivity contribution in [2.24, 2.45) is 5.16 Å². The van der Waals surface area contributed by atoms with Gasteiger partial charge in [0, 0.05) is 4.88 Å². The van der Waals surface area contributed by atoms with Gasteiger partial charge in [-0.2, -0.15) is 0 Å². The van der Waals surface area contributed by atoms with E-state index in [1.54, 1.807) is 18.3 Å². The maximum atomic E-state index is 11.2. The summed E-state index contributed by atoms with van der Waals surface area (Å²) < 4.78 is 4.78. The topological polar surface area (TPSA) is 47.9 Å². The third-order valence-electron chi connectivity index (χ3n) is 3.30. The molecule has 122 valence electrons. The first kappa shape index (κ1) is 17.2. The molecule has 0 bridgehead atoms. The number of aryl methyl sites for hydroxylation is 1. The number of benzene rings is 1. The predicted octanol–water partition coefficient (Wildman–Crippen LogP) is 4.28. The molecule has 2 aromatic rings. The number of carbonyl (C=O) groups is 1. The van der Waals surface area contributed by atoms with Gasteiger partial charge in [-0.05, 0) is 43.5 Å². The monoisotopic (exact) mass is 331 g/mol. The number of ether oxygens (including phenoxy) is 1. The Balaban J connectivity index is 2.01. The highest BCUT2D eigenvalue weighted by atomic mass is 32.1. The first-order chi connectivity index (χ1) is 11.1. The summed E-state index contributed by atoms with van der Waals surface area (Å²) in [7, 11) is 0. The molecule has 4 nitrogen and oxygen atoms in total. The van der Waals surface area contributed by atoms with Crippen molar-refractivity contribution in [2.75, 3.05) is 13.2 Å². The van der Waals surface area contributed by atoms with Gasteiger partial charge in [-0.25, -0.2) is 4.79 Å². The summed E-state index contributed by atoms with van der Waals surface area (Å²) in [6.07, 6.45) is 1.04. The molecule has 0 atom stereocenters. The van der Waals surface area contributed by atoms with Crippen molar-refractivity contribution in [1.29, 1.82) is 0 Å². The average Bonchev–Trinajstić information content (AvgIpc) is 3.05. The minimum Gasteiger partial charge on any atom is -0.463 e. The van der Waals surface area contributed by atoms with Crippen LogP contribution in [-0.2, 0) is 20.8 Å². The van der Waals surface area contributed by atoms with Gasteiger partial charge in [0.05, 0.1) is 17.2 Å². The van der Waals surface area contributed by atoms with Crippen LogP contribution in [0.3, 0.4) is 0 Å². The summed E-state index contributed by atoms with van der Waals surface area (Å²) in [6, 6.07) is 12.7. The highest BCUT2D eigenvalue weighted by molar-refractivity contribution is 7.17. The van der Waals surface area contributed by atoms with Gasteiger partial charge in [-0.3, -0.25) is 0 Å². The van der Waals surface area contributed by atoms with Crippen molar-refractivity contribution in [3.8, 4) is 10.4 Å². The number of hydrogen-bond donors (Lipinski definition) is 0. The van der Waals surface area contributed by atoms with Crippen LogP contribution >= 0.6 is 11.3 Å². The molecular weight excluding hydrogens is 310 g/mol. The zero-order chi connectivity index (χ0) is 16.7. The summed E-state index contributed by atoms with van der Waals surface area (Å²) in [6.45, 7) is 5.94. The highest BCUT2D eigenvalue weighted by Crippen LogP contribution is 2.28. The van der Waals surface area contributed by atoms with Gasteiger partial charge in [-0.15, -0.1) is 11.3 Å². The maximum Gasteiger partial charge on any atom is 0.347 e. The minimum absolute atomic E-state index is 0.165. The van der Waals surface area contributed by atoms with E-state index in [2.05, 4.69) is 42.4 Å². The fraction of sp³-hybridized carbons (Fsp3) is 0.333. The molecule has 1 heterocycles. The summed E-state index contributed by atoms with van der Waals surface area (Å²) in [5, 5.41) is 3.98. The molecule has 0 aliphatic heterocycles. The Morgan fingerprint density at radius 1 is 1.13 bits per heavy atom. The molecular formula is C18H21NO3S. The molecule has 1 aromatic carbocycles. The summed E-state index contributed by atoms with van der Waals surface area (Å²) in [4.78, 5) is 18.4. The fourth-order valence-electron chi connectivity index (χ4n) is 2.02. The quantitative estimate of drug-likeness (QED) is 0.432. The van der Waals surface area contributed by atoms with E-state index < -0.39 is 5.97 Å². The zero-order valence-electron chi connectivity index (χ0n) is 13.7. The summed E-state index contributed by atoms with van der Waals surface area (Å²) in [5.41, 5.74) is 3.27. The molecule has 0 radical (unpaired) electrons. The Labute approximate surface area is 140 Å². The predicted molar refractivity (Wildman–Crippen MR) is 93.9 cm³/mol. The van der Waals surface area contributed by atoms with Crippen LogP contribution in [0.15, 0.2) is 41.6 Å². The van der Waals surface area contributed by atoms with E-state index in [0.29, 0.717) is 6.61 Å². The Hall–Kier alpha value is -2.14. The summed E-state index contributed by atoms with van der Waals surface area (Å²) >= 11 is 1.65. The molecule has 0 aliphatic carbocycles. The Morgan fingerprint density at radius 3 is 2.52 bits per heavy atom. The van der Waals surface area contributed by atoms with Gasteiger partial charge in [0.25, 0.3) is 0 Å². The van der Waals surface area contributed by atoms with Crippen molar-refractivity contribution in [2.45, 2.75) is 27.2 Å². The van der Waals surface area contributed by atoms with Crippen molar-refractivity contribution < 1.29 is 14.4 Å². The lowest BCUT2D eigenvalue weighted by atomic mass is 10.1. The number of nitrogens with zero attached hydrogens (tertiary/aromatic N) is 1. The van der Waals surface area contributed by atoms with Crippen molar-refractivity contribution in [1.82, 2.24) is 0 Å². The average molecular weight is 331 g/mol. The van der Waals surface area contributed by atoms with Gasteiger partial charge in [-0.1, -0.05) is 36.3 Å². The van der Waals surface area contributed by atoms with Gasteiger partial charge in [0.1, 0.15) is 0 Å². The highest BCUT2D eigenvalue weighted by Gasteiger charge is 2.07. The van der Waals surface area contributed by atoms with Gasteiger partial charge < -0.3 is 9.57 Å². The zero-order valence-corrected chi connectivity index (χ0v) is 14.5. The number of rotatable bonds is 7. The Kier molecular flexibility index (Phi) is 6.35.